The van der Waals surface area contributed by atoms with Crippen molar-refractivity contribution in [3.63, 3.8) is 0 Å². The van der Waals surface area contributed by atoms with Gasteiger partial charge in [-0.05, 0) is 37.7 Å². The first-order valence-electron chi connectivity index (χ1n) is 7.71. The number of nitrogens with zero attached hydrogens (tertiary/aromatic N) is 3. The molecule has 0 aliphatic carbocycles. The van der Waals surface area contributed by atoms with Crippen molar-refractivity contribution in [1.29, 1.82) is 0 Å². The van der Waals surface area contributed by atoms with E-state index in [0.717, 1.165) is 30.7 Å². The van der Waals surface area contributed by atoms with Crippen LogP contribution in [0.3, 0.4) is 0 Å². The third-order valence-corrected chi connectivity index (χ3v) is 3.57. The lowest BCUT2D eigenvalue weighted by Gasteiger charge is -2.11. The molecule has 0 unspecified atom stereocenters. The number of ether oxygens (including phenoxy) is 2. The maximum Gasteiger partial charge on any atom is 0.216 e. The molecular formula is C16H22N4O2S. The molecule has 2 aromatic rings. The lowest BCUT2D eigenvalue weighted by Crippen LogP contribution is -2.02. The number of rotatable bonds is 8. The van der Waals surface area contributed by atoms with Crippen LogP contribution in [-0.4, -0.2) is 34.8 Å². The van der Waals surface area contributed by atoms with Crippen LogP contribution in [0.25, 0.3) is 0 Å². The second-order valence-electron chi connectivity index (χ2n) is 4.92. The summed E-state index contributed by atoms with van der Waals surface area (Å²) < 4.78 is 13.2. The molecule has 6 nitrogen and oxygen atoms in total. The molecule has 0 saturated carbocycles. The molecule has 23 heavy (non-hydrogen) atoms. The Morgan fingerprint density at radius 2 is 2.22 bits per heavy atom. The first-order valence-corrected chi connectivity index (χ1v) is 8.12. The number of methoxy groups -OCH3 is 1. The molecule has 124 valence electrons. The van der Waals surface area contributed by atoms with E-state index >= 15 is 0 Å². The number of benzene rings is 1. The minimum absolute atomic E-state index is 0.480. The Bertz CT molecular complexity index is 721. The fraction of sp³-hybridized carbons (Fsp3) is 0.438. The highest BCUT2D eigenvalue weighted by molar-refractivity contribution is 7.71. The zero-order chi connectivity index (χ0) is 16.7. The Balaban J connectivity index is 2.34. The Morgan fingerprint density at radius 1 is 1.39 bits per heavy atom. The lowest BCUT2D eigenvalue weighted by molar-refractivity contribution is 0.310. The van der Waals surface area contributed by atoms with E-state index in [9.17, 15) is 0 Å². The molecule has 0 atom stereocenters. The fourth-order valence-electron chi connectivity index (χ4n) is 2.15. The number of hydrogen-bond acceptors (Lipinski definition) is 5. The maximum atomic E-state index is 5.68. The van der Waals surface area contributed by atoms with E-state index in [-0.39, 0.29) is 0 Å². The molecule has 0 spiro atoms. The summed E-state index contributed by atoms with van der Waals surface area (Å²) in [6.07, 6.45) is 4.68. The first kappa shape index (κ1) is 17.2. The third-order valence-electron chi connectivity index (χ3n) is 3.30. The number of nitrogens with one attached hydrogen (secondary N) is 1. The molecule has 2 rings (SSSR count). The Hall–Kier alpha value is -2.15. The zero-order valence-electron chi connectivity index (χ0n) is 13.7. The van der Waals surface area contributed by atoms with E-state index in [4.69, 9.17) is 21.7 Å². The highest BCUT2D eigenvalue weighted by atomic mass is 32.1. The van der Waals surface area contributed by atoms with Crippen molar-refractivity contribution in [2.75, 3.05) is 13.7 Å². The molecule has 0 radical (unpaired) electrons. The molecule has 0 amide bonds. The number of aryl methyl sites for hydroxylation is 1. The van der Waals surface area contributed by atoms with Gasteiger partial charge in [0.05, 0.1) is 19.9 Å². The molecule has 1 N–H and O–H groups in total. The van der Waals surface area contributed by atoms with Crippen molar-refractivity contribution in [3.05, 3.63) is 34.4 Å². The summed E-state index contributed by atoms with van der Waals surface area (Å²) >= 11 is 5.25. The van der Waals surface area contributed by atoms with Crippen molar-refractivity contribution in [3.8, 4) is 11.5 Å². The Kier molecular flexibility index (Phi) is 6.34. The van der Waals surface area contributed by atoms with Crippen LogP contribution in [-0.2, 0) is 6.42 Å². The smallest absolute Gasteiger partial charge is 0.216 e. The largest absolute Gasteiger partial charge is 0.493 e. The zero-order valence-corrected chi connectivity index (χ0v) is 14.5. The molecule has 7 heteroatoms. The van der Waals surface area contributed by atoms with Crippen LogP contribution in [0.2, 0.25) is 0 Å². The minimum atomic E-state index is 0.480. The predicted molar refractivity (Wildman–Crippen MR) is 93.2 cm³/mol. The summed E-state index contributed by atoms with van der Waals surface area (Å²) in [6.45, 7) is 4.62. The van der Waals surface area contributed by atoms with Crippen LogP contribution in [0.5, 0.6) is 11.5 Å². The average molecular weight is 334 g/mol. The van der Waals surface area contributed by atoms with E-state index < -0.39 is 0 Å². The normalized spacial score (nSPS) is 11.1. The Morgan fingerprint density at radius 3 is 2.91 bits per heavy atom. The topological polar surface area (TPSA) is 64.4 Å². The Labute approximate surface area is 141 Å². The van der Waals surface area contributed by atoms with Crippen LogP contribution in [0, 0.1) is 4.77 Å². The van der Waals surface area contributed by atoms with Gasteiger partial charge in [0.15, 0.2) is 17.3 Å². The highest BCUT2D eigenvalue weighted by Crippen LogP contribution is 2.30. The van der Waals surface area contributed by atoms with Gasteiger partial charge in [0, 0.05) is 12.0 Å². The third kappa shape index (κ3) is 4.19. The van der Waals surface area contributed by atoms with Crippen molar-refractivity contribution in [2.24, 2.45) is 5.10 Å². The van der Waals surface area contributed by atoms with Gasteiger partial charge in [0.2, 0.25) is 4.77 Å². The van der Waals surface area contributed by atoms with Crippen LogP contribution in [0.4, 0.5) is 0 Å². The van der Waals surface area contributed by atoms with Gasteiger partial charge in [-0.3, -0.25) is 5.10 Å². The van der Waals surface area contributed by atoms with Crippen LogP contribution < -0.4 is 9.47 Å². The summed E-state index contributed by atoms with van der Waals surface area (Å²) in [4.78, 5) is 0. The average Bonchev–Trinajstić information content (AvgIpc) is 2.92. The van der Waals surface area contributed by atoms with E-state index in [1.54, 1.807) is 18.0 Å². The number of H-pyrrole nitrogens is 1. The number of aromatic nitrogens is 3. The van der Waals surface area contributed by atoms with E-state index in [0.29, 0.717) is 22.9 Å². The number of aromatic amines is 1. The minimum Gasteiger partial charge on any atom is -0.493 e. The van der Waals surface area contributed by atoms with E-state index in [1.165, 1.54) is 0 Å². The molecule has 1 aromatic heterocycles. The van der Waals surface area contributed by atoms with Crippen molar-refractivity contribution in [2.45, 2.75) is 33.1 Å². The van der Waals surface area contributed by atoms with Gasteiger partial charge < -0.3 is 9.47 Å². The van der Waals surface area contributed by atoms with Gasteiger partial charge >= 0.3 is 0 Å². The van der Waals surface area contributed by atoms with Gasteiger partial charge in [-0.2, -0.15) is 14.9 Å². The van der Waals surface area contributed by atoms with Crippen molar-refractivity contribution in [1.82, 2.24) is 14.9 Å². The van der Waals surface area contributed by atoms with Crippen molar-refractivity contribution < 1.29 is 9.47 Å². The molecule has 1 aromatic carbocycles. The fourth-order valence-corrected chi connectivity index (χ4v) is 2.35. The maximum absolute atomic E-state index is 5.68. The van der Waals surface area contributed by atoms with Gasteiger partial charge in [0.25, 0.3) is 0 Å². The molecular weight excluding hydrogens is 312 g/mol. The molecule has 0 saturated heterocycles. The quantitative estimate of drug-likeness (QED) is 0.592. The summed E-state index contributed by atoms with van der Waals surface area (Å²) in [7, 11) is 1.62. The summed E-state index contributed by atoms with van der Waals surface area (Å²) in [5.41, 5.74) is 0.829. The number of para-hydroxylation sites is 1. The summed E-state index contributed by atoms with van der Waals surface area (Å²) in [5.74, 6) is 2.18. The summed E-state index contributed by atoms with van der Waals surface area (Å²) in [5, 5.41) is 11.5. The monoisotopic (exact) mass is 334 g/mol. The molecule has 0 aliphatic heterocycles. The van der Waals surface area contributed by atoms with Gasteiger partial charge in [-0.25, -0.2) is 0 Å². The van der Waals surface area contributed by atoms with Crippen LogP contribution in [0.15, 0.2) is 23.3 Å². The lowest BCUT2D eigenvalue weighted by atomic mass is 10.2. The van der Waals surface area contributed by atoms with Gasteiger partial charge in [0.1, 0.15) is 0 Å². The van der Waals surface area contributed by atoms with Gasteiger partial charge in [-0.15, -0.1) is 0 Å². The highest BCUT2D eigenvalue weighted by Gasteiger charge is 2.09. The second kappa shape index (κ2) is 8.47. The molecule has 1 heterocycles. The van der Waals surface area contributed by atoms with Crippen molar-refractivity contribution >= 4 is 18.4 Å². The van der Waals surface area contributed by atoms with Crippen LogP contribution >= 0.6 is 12.2 Å². The first-order chi connectivity index (χ1) is 11.2. The van der Waals surface area contributed by atoms with Crippen LogP contribution in [0.1, 0.15) is 38.1 Å². The standard InChI is InChI=1S/C16H22N4O2S/c1-4-6-10-14-18-19-16(23)20(14)17-11-12-8-7-9-13(21-3)15(12)22-5-2/h7-9,11H,4-6,10H2,1-3H3,(H,19,23)/b17-11+. The molecule has 0 fully saturated rings. The summed E-state index contributed by atoms with van der Waals surface area (Å²) in [6, 6.07) is 5.68. The van der Waals surface area contributed by atoms with E-state index in [1.807, 2.05) is 25.1 Å². The number of hydrogen-bond donors (Lipinski definition) is 1. The second-order valence-corrected chi connectivity index (χ2v) is 5.30. The SMILES string of the molecule is CCCCc1n[nH]c(=S)n1/N=C/c1cccc(OC)c1OCC. The molecule has 0 aliphatic rings. The predicted octanol–water partition coefficient (Wildman–Crippen LogP) is 3.57. The molecule has 0 bridgehead atoms. The number of unbranched alkanes of at least 4 members (excludes halogenated alkanes) is 1. The van der Waals surface area contributed by atoms with Gasteiger partial charge in [-0.1, -0.05) is 19.4 Å². The van der Waals surface area contributed by atoms with E-state index in [2.05, 4.69) is 22.2 Å².